The van der Waals surface area contributed by atoms with E-state index in [1.165, 1.54) is 0 Å². The van der Waals surface area contributed by atoms with E-state index >= 15 is 0 Å². The van der Waals surface area contributed by atoms with Crippen LogP contribution in [-0.4, -0.2) is 4.98 Å². The van der Waals surface area contributed by atoms with Gasteiger partial charge in [0.2, 0.25) is 0 Å². The van der Waals surface area contributed by atoms with Gasteiger partial charge in [-0.3, -0.25) is 0 Å². The van der Waals surface area contributed by atoms with E-state index in [2.05, 4.69) is 18.1 Å². The van der Waals surface area contributed by atoms with E-state index in [0.717, 1.165) is 10.9 Å². The highest BCUT2D eigenvalue weighted by Gasteiger charge is 2.13. The number of pyridine rings is 1. The third-order valence-electron chi connectivity index (χ3n) is 2.44. The van der Waals surface area contributed by atoms with Gasteiger partial charge in [-0.2, -0.15) is 0 Å². The standard InChI is InChI=1S/C13H11FN2/c1-3-9-10-6-4-5-7-11(10)16-13(15)12(9)8(2)14/h3-7H,1-2H2,(H2,15,16). The van der Waals surface area contributed by atoms with Gasteiger partial charge in [0.05, 0.1) is 11.1 Å². The number of nitrogen functional groups attached to an aromatic ring is 1. The summed E-state index contributed by atoms with van der Waals surface area (Å²) in [6, 6.07) is 7.39. The number of aromatic nitrogens is 1. The van der Waals surface area contributed by atoms with Crippen molar-refractivity contribution in [3.8, 4) is 0 Å². The molecule has 2 nitrogen and oxygen atoms in total. The lowest BCUT2D eigenvalue weighted by Crippen LogP contribution is -1.99. The second kappa shape index (κ2) is 3.77. The Morgan fingerprint density at radius 3 is 2.69 bits per heavy atom. The summed E-state index contributed by atoms with van der Waals surface area (Å²) in [5, 5.41) is 0.820. The highest BCUT2D eigenvalue weighted by Crippen LogP contribution is 2.30. The highest BCUT2D eigenvalue weighted by molar-refractivity contribution is 5.95. The van der Waals surface area contributed by atoms with E-state index in [-0.39, 0.29) is 11.4 Å². The summed E-state index contributed by atoms with van der Waals surface area (Å²) < 4.78 is 13.3. The predicted molar refractivity (Wildman–Crippen MR) is 66.4 cm³/mol. The molecule has 16 heavy (non-hydrogen) atoms. The molecule has 0 fully saturated rings. The average molecular weight is 214 g/mol. The lowest BCUT2D eigenvalue weighted by molar-refractivity contribution is 0.763. The molecule has 0 aliphatic heterocycles. The first-order chi connectivity index (χ1) is 7.65. The lowest BCUT2D eigenvalue weighted by atomic mass is 10.0. The van der Waals surface area contributed by atoms with Crippen molar-refractivity contribution in [2.75, 3.05) is 5.73 Å². The van der Waals surface area contributed by atoms with E-state index in [9.17, 15) is 4.39 Å². The van der Waals surface area contributed by atoms with Crippen LogP contribution in [0.25, 0.3) is 22.8 Å². The number of halogens is 1. The molecular formula is C13H11FN2. The molecule has 0 saturated heterocycles. The van der Waals surface area contributed by atoms with Gasteiger partial charge in [-0.15, -0.1) is 0 Å². The number of anilines is 1. The summed E-state index contributed by atoms with van der Waals surface area (Å²) >= 11 is 0. The number of nitrogens with two attached hydrogens (primary N) is 1. The van der Waals surface area contributed by atoms with Crippen LogP contribution in [0.5, 0.6) is 0 Å². The van der Waals surface area contributed by atoms with Gasteiger partial charge in [-0.05, 0) is 11.6 Å². The molecule has 2 rings (SSSR count). The van der Waals surface area contributed by atoms with Crippen LogP contribution in [0.4, 0.5) is 10.2 Å². The van der Waals surface area contributed by atoms with E-state index in [0.29, 0.717) is 5.56 Å². The molecule has 1 aromatic carbocycles. The van der Waals surface area contributed by atoms with Crippen molar-refractivity contribution in [1.82, 2.24) is 4.98 Å². The zero-order valence-corrected chi connectivity index (χ0v) is 8.70. The minimum Gasteiger partial charge on any atom is -0.383 e. The molecule has 0 aliphatic rings. The molecule has 0 atom stereocenters. The van der Waals surface area contributed by atoms with Crippen molar-refractivity contribution in [2.24, 2.45) is 0 Å². The van der Waals surface area contributed by atoms with E-state index in [1.54, 1.807) is 6.08 Å². The Balaban J connectivity index is 2.96. The van der Waals surface area contributed by atoms with Crippen LogP contribution in [0.15, 0.2) is 37.4 Å². The summed E-state index contributed by atoms with van der Waals surface area (Å²) in [6.07, 6.45) is 1.57. The highest BCUT2D eigenvalue weighted by atomic mass is 19.1. The molecule has 1 aromatic heterocycles. The summed E-state index contributed by atoms with van der Waals surface area (Å²) in [5.74, 6) is -0.452. The molecule has 0 saturated carbocycles. The summed E-state index contributed by atoms with van der Waals surface area (Å²) in [5.41, 5.74) is 7.29. The molecule has 0 aliphatic carbocycles. The zero-order valence-electron chi connectivity index (χ0n) is 8.70. The number of nitrogens with zero attached hydrogens (tertiary/aromatic N) is 1. The van der Waals surface area contributed by atoms with E-state index < -0.39 is 5.83 Å². The van der Waals surface area contributed by atoms with Crippen LogP contribution < -0.4 is 5.73 Å². The number of benzene rings is 1. The van der Waals surface area contributed by atoms with Crippen LogP contribution in [0.3, 0.4) is 0 Å². The third kappa shape index (κ3) is 1.46. The van der Waals surface area contributed by atoms with Crippen molar-refractivity contribution in [3.05, 3.63) is 48.6 Å². The molecular weight excluding hydrogens is 203 g/mol. The SMILES string of the molecule is C=Cc1c(C(=C)F)c(N)nc2ccccc12. The second-order valence-corrected chi connectivity index (χ2v) is 3.41. The normalized spacial score (nSPS) is 10.3. The fourth-order valence-electron chi connectivity index (χ4n) is 1.75. The molecule has 3 heteroatoms. The predicted octanol–water partition coefficient (Wildman–Crippen LogP) is 3.40. The Kier molecular flexibility index (Phi) is 2.44. The fourth-order valence-corrected chi connectivity index (χ4v) is 1.75. The van der Waals surface area contributed by atoms with E-state index in [4.69, 9.17) is 5.73 Å². The lowest BCUT2D eigenvalue weighted by Gasteiger charge is -2.10. The van der Waals surface area contributed by atoms with Crippen LogP contribution in [0, 0.1) is 0 Å². The van der Waals surface area contributed by atoms with Gasteiger partial charge in [0.25, 0.3) is 0 Å². The number of hydrogen-bond donors (Lipinski definition) is 1. The second-order valence-electron chi connectivity index (χ2n) is 3.41. The number of para-hydroxylation sites is 1. The van der Waals surface area contributed by atoms with Crippen LogP contribution >= 0.6 is 0 Å². The van der Waals surface area contributed by atoms with Gasteiger partial charge in [-0.25, -0.2) is 9.37 Å². The molecule has 1 heterocycles. The number of hydrogen-bond acceptors (Lipinski definition) is 2. The number of fused-ring (bicyclic) bond motifs is 1. The summed E-state index contributed by atoms with van der Waals surface area (Å²) in [4.78, 5) is 4.13. The largest absolute Gasteiger partial charge is 0.383 e. The number of rotatable bonds is 2. The first-order valence-corrected chi connectivity index (χ1v) is 4.80. The molecule has 0 amide bonds. The maximum Gasteiger partial charge on any atom is 0.134 e. The first kappa shape index (κ1) is 10.4. The minimum absolute atomic E-state index is 0.140. The smallest absolute Gasteiger partial charge is 0.134 e. The summed E-state index contributed by atoms with van der Waals surface area (Å²) in [7, 11) is 0. The minimum atomic E-state index is -0.592. The van der Waals surface area contributed by atoms with Gasteiger partial charge < -0.3 is 5.73 Å². The Labute approximate surface area is 92.9 Å². The van der Waals surface area contributed by atoms with Crippen molar-refractivity contribution in [3.63, 3.8) is 0 Å². The van der Waals surface area contributed by atoms with Crippen LogP contribution in [0.1, 0.15) is 11.1 Å². The molecule has 0 radical (unpaired) electrons. The Morgan fingerprint density at radius 2 is 2.06 bits per heavy atom. The molecule has 0 unspecified atom stereocenters. The molecule has 80 valence electrons. The van der Waals surface area contributed by atoms with Crippen molar-refractivity contribution in [2.45, 2.75) is 0 Å². The molecule has 0 bridgehead atoms. The first-order valence-electron chi connectivity index (χ1n) is 4.80. The monoisotopic (exact) mass is 214 g/mol. The quantitative estimate of drug-likeness (QED) is 0.832. The van der Waals surface area contributed by atoms with Gasteiger partial charge in [-0.1, -0.05) is 37.4 Å². The van der Waals surface area contributed by atoms with Crippen molar-refractivity contribution < 1.29 is 4.39 Å². The Bertz CT molecular complexity index is 588. The Morgan fingerprint density at radius 1 is 1.38 bits per heavy atom. The summed E-state index contributed by atoms with van der Waals surface area (Å²) in [6.45, 7) is 6.94. The topological polar surface area (TPSA) is 38.9 Å². The van der Waals surface area contributed by atoms with Gasteiger partial charge >= 0.3 is 0 Å². The molecule has 0 spiro atoms. The molecule has 2 N–H and O–H groups in total. The maximum atomic E-state index is 13.3. The maximum absolute atomic E-state index is 13.3. The fraction of sp³-hybridized carbons (Fsp3) is 0. The van der Waals surface area contributed by atoms with Gasteiger partial charge in [0.1, 0.15) is 11.6 Å². The van der Waals surface area contributed by atoms with Crippen molar-refractivity contribution >= 4 is 28.6 Å². The van der Waals surface area contributed by atoms with Crippen molar-refractivity contribution in [1.29, 1.82) is 0 Å². The molecule has 2 aromatic rings. The van der Waals surface area contributed by atoms with Gasteiger partial charge in [0, 0.05) is 5.39 Å². The average Bonchev–Trinajstić information content (AvgIpc) is 2.26. The van der Waals surface area contributed by atoms with Crippen LogP contribution in [-0.2, 0) is 0 Å². The Hall–Kier alpha value is -2.16. The van der Waals surface area contributed by atoms with Crippen LogP contribution in [0.2, 0.25) is 0 Å². The third-order valence-corrected chi connectivity index (χ3v) is 2.44. The van der Waals surface area contributed by atoms with E-state index in [1.807, 2.05) is 24.3 Å². The zero-order chi connectivity index (χ0) is 11.7. The van der Waals surface area contributed by atoms with Gasteiger partial charge in [0.15, 0.2) is 0 Å².